The minimum Gasteiger partial charge on any atom is -0.462 e. The van der Waals surface area contributed by atoms with E-state index in [2.05, 4.69) is 41.5 Å². The van der Waals surface area contributed by atoms with Crippen molar-refractivity contribution in [2.24, 2.45) is 11.8 Å². The molecule has 0 radical (unpaired) electrons. The second-order valence-corrected chi connectivity index (χ2v) is 32.9. The molecule has 0 rings (SSSR count). The van der Waals surface area contributed by atoms with E-state index in [9.17, 15) is 43.2 Å². The van der Waals surface area contributed by atoms with E-state index in [1.807, 2.05) is 0 Å². The Bertz CT molecular complexity index is 1950. The van der Waals surface area contributed by atoms with E-state index in [0.717, 1.165) is 115 Å². The van der Waals surface area contributed by atoms with Gasteiger partial charge in [-0.15, -0.1) is 0 Å². The summed E-state index contributed by atoms with van der Waals surface area (Å²) >= 11 is 0. The van der Waals surface area contributed by atoms with Crippen LogP contribution in [0.1, 0.15) is 433 Å². The maximum absolute atomic E-state index is 13.1. The predicted molar refractivity (Wildman–Crippen MR) is 414 cm³/mol. The molecule has 0 spiro atoms. The molecular formula is C82H160O17P2. The van der Waals surface area contributed by atoms with Crippen LogP contribution in [0, 0.1) is 11.8 Å². The Morgan fingerprint density at radius 1 is 0.277 bits per heavy atom. The third-order valence-corrected chi connectivity index (χ3v) is 21.8. The van der Waals surface area contributed by atoms with E-state index in [1.165, 1.54) is 238 Å². The number of rotatable bonds is 81. The van der Waals surface area contributed by atoms with Crippen LogP contribution >= 0.6 is 15.6 Å². The number of aliphatic hydroxyl groups is 1. The van der Waals surface area contributed by atoms with Crippen LogP contribution in [0.3, 0.4) is 0 Å². The number of aliphatic hydroxyl groups excluding tert-OH is 1. The van der Waals surface area contributed by atoms with Crippen LogP contribution in [0.2, 0.25) is 0 Å². The fourth-order valence-electron chi connectivity index (χ4n) is 12.6. The van der Waals surface area contributed by atoms with Gasteiger partial charge in [-0.2, -0.15) is 0 Å². The Labute approximate surface area is 619 Å². The molecule has 0 saturated heterocycles. The zero-order chi connectivity index (χ0) is 74.2. The standard InChI is InChI=1S/C82H160O17P2/c1-7-11-13-15-17-18-19-20-31-37-42-48-54-60-66-81(86)98-77(70-92-79(84)64-58-52-44-16-14-12-8-2)72-96-100(88,89)94-68-76(83)69-95-101(90,91)97-73-78(71-93-80(85)65-59-53-47-41-36-32-28-27-30-35-40-46-51-57-63-75(6)10-4)99-82(87)67-61-55-49-43-38-33-26-24-22-21-23-25-29-34-39-45-50-56-62-74(5)9-3/h74-78,83H,7-73H2,1-6H3,(H,88,89)(H,90,91)/t74?,75?,76-,77+,78+/m0/s1. The van der Waals surface area contributed by atoms with Gasteiger partial charge in [0.1, 0.15) is 19.3 Å². The summed E-state index contributed by atoms with van der Waals surface area (Å²) in [7, 11) is -9.91. The molecule has 101 heavy (non-hydrogen) atoms. The van der Waals surface area contributed by atoms with Gasteiger partial charge in [-0.05, 0) is 37.5 Å². The number of hydrogen-bond donors (Lipinski definition) is 3. The van der Waals surface area contributed by atoms with Crippen LogP contribution in [-0.4, -0.2) is 96.7 Å². The Hall–Kier alpha value is -1.94. The molecule has 7 atom stereocenters. The SMILES string of the molecule is CCCCCCCCCCCCCCCCC(=O)O[C@H](COC(=O)CCCCCCCCC)COP(=O)(O)OC[C@H](O)COP(=O)(O)OC[C@@H](COC(=O)CCCCCCCCCCCCCCCCC(C)CC)OC(=O)CCCCCCCCCCCCCCCCCCCCC(C)CC. The average molecular weight is 1480 g/mol. The Morgan fingerprint density at radius 3 is 0.703 bits per heavy atom. The second-order valence-electron chi connectivity index (χ2n) is 30.0. The average Bonchev–Trinajstić information content (AvgIpc) is 0.949. The van der Waals surface area contributed by atoms with Gasteiger partial charge in [-0.1, -0.05) is 382 Å². The minimum atomic E-state index is -4.96. The first-order chi connectivity index (χ1) is 48.9. The van der Waals surface area contributed by atoms with E-state index in [0.29, 0.717) is 25.7 Å². The van der Waals surface area contributed by atoms with Gasteiger partial charge in [-0.3, -0.25) is 37.3 Å². The molecular weight excluding hydrogens is 1320 g/mol. The summed E-state index contributed by atoms with van der Waals surface area (Å²) in [4.78, 5) is 72.9. The molecule has 19 heteroatoms. The summed E-state index contributed by atoms with van der Waals surface area (Å²) in [5, 5.41) is 10.6. The van der Waals surface area contributed by atoms with Crippen LogP contribution in [0.15, 0.2) is 0 Å². The van der Waals surface area contributed by atoms with Crippen LogP contribution in [0.5, 0.6) is 0 Å². The van der Waals surface area contributed by atoms with Crippen LogP contribution in [-0.2, 0) is 65.4 Å². The van der Waals surface area contributed by atoms with Gasteiger partial charge in [0.15, 0.2) is 12.2 Å². The maximum Gasteiger partial charge on any atom is 0.472 e. The second kappa shape index (κ2) is 73.6. The van der Waals surface area contributed by atoms with E-state index in [1.54, 1.807) is 0 Å². The van der Waals surface area contributed by atoms with Gasteiger partial charge in [0.25, 0.3) is 0 Å². The van der Waals surface area contributed by atoms with E-state index < -0.39 is 97.5 Å². The lowest BCUT2D eigenvalue weighted by Crippen LogP contribution is -2.30. The van der Waals surface area contributed by atoms with Gasteiger partial charge < -0.3 is 33.8 Å². The van der Waals surface area contributed by atoms with E-state index in [-0.39, 0.29) is 25.7 Å². The third-order valence-electron chi connectivity index (χ3n) is 19.9. The largest absolute Gasteiger partial charge is 0.472 e. The predicted octanol–water partition coefficient (Wildman–Crippen LogP) is 24.7. The number of esters is 4. The topological polar surface area (TPSA) is 237 Å². The van der Waals surface area contributed by atoms with E-state index >= 15 is 0 Å². The highest BCUT2D eigenvalue weighted by molar-refractivity contribution is 7.47. The molecule has 0 bridgehead atoms. The zero-order valence-corrected chi connectivity index (χ0v) is 68.0. The Kier molecular flexibility index (Phi) is 72.2. The molecule has 0 aromatic heterocycles. The van der Waals surface area contributed by atoms with Gasteiger partial charge in [0.2, 0.25) is 0 Å². The summed E-state index contributed by atoms with van der Waals surface area (Å²) in [5.74, 6) is -0.390. The fraction of sp³-hybridized carbons (Fsp3) is 0.951. The Morgan fingerprint density at radius 2 is 0.475 bits per heavy atom. The van der Waals surface area contributed by atoms with Crippen molar-refractivity contribution in [3.05, 3.63) is 0 Å². The molecule has 0 aliphatic heterocycles. The van der Waals surface area contributed by atoms with Crippen LogP contribution in [0.4, 0.5) is 0 Å². The number of carbonyl (C=O) groups is 4. The number of phosphoric ester groups is 2. The molecule has 0 amide bonds. The van der Waals surface area contributed by atoms with Crippen molar-refractivity contribution in [1.29, 1.82) is 0 Å². The number of hydrogen-bond acceptors (Lipinski definition) is 15. The summed E-state index contributed by atoms with van der Waals surface area (Å²) in [6, 6.07) is 0. The lowest BCUT2D eigenvalue weighted by Gasteiger charge is -2.21. The van der Waals surface area contributed by atoms with Crippen molar-refractivity contribution in [2.45, 2.75) is 452 Å². The molecule has 3 N–H and O–H groups in total. The molecule has 0 fully saturated rings. The molecule has 4 unspecified atom stereocenters. The third kappa shape index (κ3) is 73.4. The number of ether oxygens (including phenoxy) is 4. The fourth-order valence-corrected chi connectivity index (χ4v) is 14.2. The van der Waals surface area contributed by atoms with Crippen LogP contribution < -0.4 is 0 Å². The highest BCUT2D eigenvalue weighted by atomic mass is 31.2. The maximum atomic E-state index is 13.1. The molecule has 0 aliphatic carbocycles. The highest BCUT2D eigenvalue weighted by Gasteiger charge is 2.30. The first-order valence-electron chi connectivity index (χ1n) is 42.6. The lowest BCUT2D eigenvalue weighted by atomic mass is 9.99. The lowest BCUT2D eigenvalue weighted by molar-refractivity contribution is -0.161. The first kappa shape index (κ1) is 99.1. The molecule has 17 nitrogen and oxygen atoms in total. The van der Waals surface area contributed by atoms with Crippen LogP contribution in [0.25, 0.3) is 0 Å². The Balaban J connectivity index is 5.17. The number of phosphoric acid groups is 2. The highest BCUT2D eigenvalue weighted by Crippen LogP contribution is 2.45. The molecule has 0 aromatic carbocycles. The zero-order valence-electron chi connectivity index (χ0n) is 66.2. The number of unbranched alkanes of at least 4 members (excludes halogenated alkanes) is 49. The molecule has 0 saturated carbocycles. The first-order valence-corrected chi connectivity index (χ1v) is 45.6. The van der Waals surface area contributed by atoms with E-state index in [4.69, 9.17) is 37.0 Å². The van der Waals surface area contributed by atoms with Crippen molar-refractivity contribution in [1.82, 2.24) is 0 Å². The molecule has 0 aliphatic rings. The van der Waals surface area contributed by atoms with Crippen molar-refractivity contribution >= 4 is 39.5 Å². The molecule has 0 aromatic rings. The summed E-state index contributed by atoms with van der Waals surface area (Å²) in [6.07, 6.45) is 63.9. The van der Waals surface area contributed by atoms with Crippen molar-refractivity contribution < 1.29 is 80.2 Å². The normalized spacial score (nSPS) is 14.4. The van der Waals surface area contributed by atoms with Gasteiger partial charge in [-0.25, -0.2) is 9.13 Å². The van der Waals surface area contributed by atoms with Crippen molar-refractivity contribution in [2.75, 3.05) is 39.6 Å². The number of carbonyl (C=O) groups excluding carboxylic acids is 4. The van der Waals surface area contributed by atoms with Crippen molar-refractivity contribution in [3.8, 4) is 0 Å². The summed E-state index contributed by atoms with van der Waals surface area (Å²) in [6.45, 7) is 9.72. The summed E-state index contributed by atoms with van der Waals surface area (Å²) < 4.78 is 68.6. The minimum absolute atomic E-state index is 0.108. The molecule has 600 valence electrons. The summed E-state index contributed by atoms with van der Waals surface area (Å²) in [5.41, 5.74) is 0. The van der Waals surface area contributed by atoms with Gasteiger partial charge in [0.05, 0.1) is 26.4 Å². The quantitative estimate of drug-likeness (QED) is 0.0222. The monoisotopic (exact) mass is 1480 g/mol. The smallest absolute Gasteiger partial charge is 0.462 e. The molecule has 0 heterocycles. The van der Waals surface area contributed by atoms with Gasteiger partial charge >= 0.3 is 39.5 Å². The van der Waals surface area contributed by atoms with Crippen molar-refractivity contribution in [3.63, 3.8) is 0 Å². The van der Waals surface area contributed by atoms with Gasteiger partial charge in [0, 0.05) is 25.7 Å².